The number of hydrogen-bond acceptors (Lipinski definition) is 3. The molecular weight excluding hydrogens is 274 g/mol. The molecule has 0 bridgehead atoms. The predicted octanol–water partition coefficient (Wildman–Crippen LogP) is 2.54. The second-order valence-electron chi connectivity index (χ2n) is 5.29. The third kappa shape index (κ3) is 2.97. The summed E-state index contributed by atoms with van der Waals surface area (Å²) in [7, 11) is 2.03. The number of nitrogens with one attached hydrogen (secondary N) is 1. The van der Waals surface area contributed by atoms with Crippen molar-refractivity contribution in [1.82, 2.24) is 14.9 Å². The lowest BCUT2D eigenvalue weighted by Gasteiger charge is -2.22. The molecule has 1 aliphatic rings. The number of halogens is 1. The van der Waals surface area contributed by atoms with Gasteiger partial charge in [0.05, 0.1) is 23.7 Å². The highest BCUT2D eigenvalue weighted by Crippen LogP contribution is 2.20. The van der Waals surface area contributed by atoms with E-state index in [9.17, 15) is 0 Å². The smallest absolute Gasteiger partial charge is 0.111 e. The highest BCUT2D eigenvalue weighted by atomic mass is 35.5. The fraction of sp³-hybridized carbons (Fsp3) is 0.533. The number of imidazole rings is 1. The first-order valence-corrected chi connectivity index (χ1v) is 7.55. The van der Waals surface area contributed by atoms with Crippen LogP contribution in [0.2, 0.25) is 5.02 Å². The van der Waals surface area contributed by atoms with Crippen molar-refractivity contribution in [3.63, 3.8) is 0 Å². The number of rotatable bonds is 4. The number of fused-ring (bicyclic) bond motifs is 1. The molecule has 1 aromatic heterocycles. The van der Waals surface area contributed by atoms with Crippen LogP contribution in [0.1, 0.15) is 18.7 Å². The maximum absolute atomic E-state index is 6.03. The van der Waals surface area contributed by atoms with Crippen molar-refractivity contribution >= 4 is 22.6 Å². The summed E-state index contributed by atoms with van der Waals surface area (Å²) >= 11 is 6.03. The molecule has 0 radical (unpaired) electrons. The quantitative estimate of drug-likeness (QED) is 0.941. The van der Waals surface area contributed by atoms with Crippen molar-refractivity contribution < 1.29 is 4.74 Å². The third-order valence-corrected chi connectivity index (χ3v) is 4.14. The van der Waals surface area contributed by atoms with Crippen molar-refractivity contribution in [1.29, 1.82) is 0 Å². The molecule has 2 heterocycles. The van der Waals surface area contributed by atoms with E-state index in [1.807, 2.05) is 25.2 Å². The summed E-state index contributed by atoms with van der Waals surface area (Å²) in [4.78, 5) is 4.65. The lowest BCUT2D eigenvalue weighted by molar-refractivity contribution is 0.0340. The molecule has 0 aliphatic carbocycles. The van der Waals surface area contributed by atoms with Crippen LogP contribution in [-0.2, 0) is 18.2 Å². The topological polar surface area (TPSA) is 39.1 Å². The van der Waals surface area contributed by atoms with Crippen LogP contribution in [0.3, 0.4) is 0 Å². The molecule has 1 aliphatic heterocycles. The lowest BCUT2D eigenvalue weighted by atomic mass is 10.1. The van der Waals surface area contributed by atoms with Gasteiger partial charge in [-0.3, -0.25) is 0 Å². The largest absolute Gasteiger partial charge is 0.378 e. The van der Waals surface area contributed by atoms with Gasteiger partial charge in [0.1, 0.15) is 5.82 Å². The number of aryl methyl sites for hydroxylation is 1. The van der Waals surface area contributed by atoms with E-state index in [4.69, 9.17) is 16.3 Å². The summed E-state index contributed by atoms with van der Waals surface area (Å²) in [5.74, 6) is 1.05. The maximum atomic E-state index is 6.03. The molecule has 0 saturated carbocycles. The minimum atomic E-state index is 0.403. The molecule has 1 aromatic carbocycles. The second kappa shape index (κ2) is 6.12. The van der Waals surface area contributed by atoms with Crippen LogP contribution < -0.4 is 5.32 Å². The Morgan fingerprint density at radius 2 is 2.20 bits per heavy atom. The van der Waals surface area contributed by atoms with Crippen LogP contribution in [0.4, 0.5) is 0 Å². The van der Waals surface area contributed by atoms with Crippen LogP contribution >= 0.6 is 11.6 Å². The Bertz CT molecular complexity index is 590. The van der Waals surface area contributed by atoms with E-state index in [-0.39, 0.29) is 0 Å². The molecule has 4 nitrogen and oxygen atoms in total. The van der Waals surface area contributed by atoms with E-state index in [0.29, 0.717) is 6.10 Å². The molecule has 108 valence electrons. The zero-order chi connectivity index (χ0) is 13.9. The molecular formula is C15H20ClN3O. The summed E-state index contributed by atoms with van der Waals surface area (Å²) in [6.45, 7) is 2.86. The second-order valence-corrected chi connectivity index (χ2v) is 5.73. The minimum absolute atomic E-state index is 0.403. The highest BCUT2D eigenvalue weighted by molar-refractivity contribution is 6.31. The normalized spacial score (nSPS) is 16.9. The van der Waals surface area contributed by atoms with Crippen LogP contribution in [0.5, 0.6) is 0 Å². The van der Waals surface area contributed by atoms with Crippen molar-refractivity contribution in [3.05, 3.63) is 29.0 Å². The van der Waals surface area contributed by atoms with Gasteiger partial charge in [-0.2, -0.15) is 0 Å². The zero-order valence-corrected chi connectivity index (χ0v) is 12.5. The van der Waals surface area contributed by atoms with E-state index in [2.05, 4.69) is 14.9 Å². The van der Waals surface area contributed by atoms with E-state index >= 15 is 0 Å². The summed E-state index contributed by atoms with van der Waals surface area (Å²) < 4.78 is 8.05. The van der Waals surface area contributed by atoms with Gasteiger partial charge in [0.25, 0.3) is 0 Å². The molecule has 1 saturated heterocycles. The third-order valence-electron chi connectivity index (χ3n) is 3.90. The minimum Gasteiger partial charge on any atom is -0.378 e. The molecule has 2 aromatic rings. The predicted molar refractivity (Wildman–Crippen MR) is 81.3 cm³/mol. The first-order valence-electron chi connectivity index (χ1n) is 7.17. The van der Waals surface area contributed by atoms with Gasteiger partial charge >= 0.3 is 0 Å². The van der Waals surface area contributed by atoms with Gasteiger partial charge in [-0.1, -0.05) is 11.6 Å². The highest BCUT2D eigenvalue weighted by Gasteiger charge is 2.14. The molecule has 0 spiro atoms. The first-order chi connectivity index (χ1) is 9.74. The summed E-state index contributed by atoms with van der Waals surface area (Å²) in [6, 6.07) is 5.81. The Morgan fingerprint density at radius 3 is 3.00 bits per heavy atom. The van der Waals surface area contributed by atoms with Gasteiger partial charge in [-0.25, -0.2) is 4.98 Å². The summed E-state index contributed by atoms with van der Waals surface area (Å²) in [5.41, 5.74) is 2.07. The SMILES string of the molecule is Cn1c(CCOC2CCNCC2)nc2ccc(Cl)cc21. The average Bonchev–Trinajstić information content (AvgIpc) is 2.77. The molecule has 5 heteroatoms. The number of benzene rings is 1. The van der Waals surface area contributed by atoms with Crippen molar-refractivity contribution in [2.45, 2.75) is 25.4 Å². The zero-order valence-electron chi connectivity index (χ0n) is 11.7. The van der Waals surface area contributed by atoms with Gasteiger partial charge in [0.2, 0.25) is 0 Å². The summed E-state index contributed by atoms with van der Waals surface area (Å²) in [5, 5.41) is 4.09. The van der Waals surface area contributed by atoms with Crippen LogP contribution in [0.15, 0.2) is 18.2 Å². The fourth-order valence-electron chi connectivity index (χ4n) is 2.72. The molecule has 0 unspecified atom stereocenters. The Labute approximate surface area is 124 Å². The number of aromatic nitrogens is 2. The molecule has 1 fully saturated rings. The number of ether oxygens (including phenoxy) is 1. The van der Waals surface area contributed by atoms with Gasteiger partial charge < -0.3 is 14.6 Å². The first kappa shape index (κ1) is 13.9. The lowest BCUT2D eigenvalue weighted by Crippen LogP contribution is -2.32. The van der Waals surface area contributed by atoms with E-state index in [0.717, 1.165) is 60.8 Å². The molecule has 3 rings (SSSR count). The van der Waals surface area contributed by atoms with Crippen LogP contribution in [0, 0.1) is 0 Å². The van der Waals surface area contributed by atoms with Crippen molar-refractivity contribution in [2.24, 2.45) is 7.05 Å². The van der Waals surface area contributed by atoms with Gasteiger partial charge in [0, 0.05) is 18.5 Å². The number of piperidine rings is 1. The van der Waals surface area contributed by atoms with Crippen molar-refractivity contribution in [3.8, 4) is 0 Å². The monoisotopic (exact) mass is 293 g/mol. The Morgan fingerprint density at radius 1 is 1.40 bits per heavy atom. The van der Waals surface area contributed by atoms with E-state index in [1.54, 1.807) is 0 Å². The van der Waals surface area contributed by atoms with Crippen LogP contribution in [0.25, 0.3) is 11.0 Å². The van der Waals surface area contributed by atoms with Gasteiger partial charge in [-0.15, -0.1) is 0 Å². The number of nitrogens with zero attached hydrogens (tertiary/aromatic N) is 2. The van der Waals surface area contributed by atoms with E-state index < -0.39 is 0 Å². The number of hydrogen-bond donors (Lipinski definition) is 1. The van der Waals surface area contributed by atoms with E-state index in [1.165, 1.54) is 0 Å². The molecule has 0 atom stereocenters. The average molecular weight is 294 g/mol. The van der Waals surface area contributed by atoms with Gasteiger partial charge in [-0.05, 0) is 44.1 Å². The Kier molecular flexibility index (Phi) is 4.24. The summed E-state index contributed by atoms with van der Waals surface area (Å²) in [6.07, 6.45) is 3.46. The molecule has 20 heavy (non-hydrogen) atoms. The van der Waals surface area contributed by atoms with Crippen molar-refractivity contribution in [2.75, 3.05) is 19.7 Å². The standard InChI is InChI=1S/C15H20ClN3O/c1-19-14-10-11(16)2-3-13(14)18-15(19)6-9-20-12-4-7-17-8-5-12/h2-3,10,12,17H,4-9H2,1H3. The van der Waals surface area contributed by atoms with Gasteiger partial charge in [0.15, 0.2) is 0 Å². The Balaban J connectivity index is 1.63. The fourth-order valence-corrected chi connectivity index (χ4v) is 2.88. The molecule has 1 N–H and O–H groups in total. The van der Waals surface area contributed by atoms with Crippen LogP contribution in [-0.4, -0.2) is 35.4 Å². The Hall–Kier alpha value is -1.10. The maximum Gasteiger partial charge on any atom is 0.111 e. The molecule has 0 amide bonds.